The van der Waals surface area contributed by atoms with Gasteiger partial charge in [0.15, 0.2) is 0 Å². The highest BCUT2D eigenvalue weighted by Gasteiger charge is 2.25. The summed E-state index contributed by atoms with van der Waals surface area (Å²) in [6.07, 6.45) is 10.1. The Morgan fingerprint density at radius 3 is 2.79 bits per heavy atom. The average molecular weight is 555 g/mol. The summed E-state index contributed by atoms with van der Waals surface area (Å²) in [5, 5.41) is 4.09. The lowest BCUT2D eigenvalue weighted by Crippen LogP contribution is -2.47. The van der Waals surface area contributed by atoms with Gasteiger partial charge in [0.1, 0.15) is 12.4 Å². The zero-order chi connectivity index (χ0) is 26.7. The van der Waals surface area contributed by atoms with Crippen LogP contribution in [0.2, 0.25) is 5.02 Å². The normalized spacial score (nSPS) is 18.1. The van der Waals surface area contributed by atoms with Gasteiger partial charge < -0.3 is 10.1 Å². The maximum absolute atomic E-state index is 12.8. The van der Waals surface area contributed by atoms with Crippen LogP contribution >= 0.6 is 11.6 Å². The molecule has 1 atom stereocenters. The molecule has 1 aliphatic carbocycles. The van der Waals surface area contributed by atoms with E-state index in [1.807, 2.05) is 0 Å². The quantitative estimate of drug-likeness (QED) is 0.453. The van der Waals surface area contributed by atoms with Gasteiger partial charge in [-0.05, 0) is 66.6 Å². The lowest BCUT2D eigenvalue weighted by molar-refractivity contribution is 0.284. The van der Waals surface area contributed by atoms with Gasteiger partial charge in [-0.2, -0.15) is 0 Å². The molecule has 3 heterocycles. The molecular formula is C28H31ClN4O4S. The van der Waals surface area contributed by atoms with Gasteiger partial charge in [-0.1, -0.05) is 29.8 Å². The van der Waals surface area contributed by atoms with Crippen molar-refractivity contribution in [2.75, 3.05) is 19.3 Å². The van der Waals surface area contributed by atoms with Crippen molar-refractivity contribution in [3.05, 3.63) is 92.6 Å². The maximum atomic E-state index is 12.8. The molecule has 0 radical (unpaired) electrons. The minimum Gasteiger partial charge on any atom is -0.487 e. The summed E-state index contributed by atoms with van der Waals surface area (Å²) >= 11 is 5.87. The number of aromatic nitrogens is 2. The molecule has 2 aromatic heterocycles. The van der Waals surface area contributed by atoms with E-state index in [9.17, 15) is 13.2 Å². The molecule has 200 valence electrons. The summed E-state index contributed by atoms with van der Waals surface area (Å²) < 4.78 is 32.7. The second-order valence-electron chi connectivity index (χ2n) is 9.84. The first-order valence-corrected chi connectivity index (χ1v) is 14.9. The fourth-order valence-corrected chi connectivity index (χ4v) is 5.96. The molecule has 5 rings (SSSR count). The Bertz CT molecular complexity index is 1500. The minimum atomic E-state index is -3.15. The van der Waals surface area contributed by atoms with Gasteiger partial charge in [0.25, 0.3) is 5.56 Å². The molecule has 2 aliphatic rings. The van der Waals surface area contributed by atoms with Gasteiger partial charge in [0.05, 0.1) is 17.0 Å². The zero-order valence-electron chi connectivity index (χ0n) is 21.3. The van der Waals surface area contributed by atoms with Crippen LogP contribution in [0, 0.1) is 0 Å². The first-order valence-electron chi connectivity index (χ1n) is 12.7. The van der Waals surface area contributed by atoms with E-state index in [-0.39, 0.29) is 18.2 Å². The molecule has 1 aromatic carbocycles. The summed E-state index contributed by atoms with van der Waals surface area (Å²) in [6, 6.07) is 13.4. The molecule has 38 heavy (non-hydrogen) atoms. The van der Waals surface area contributed by atoms with Crippen molar-refractivity contribution in [3.63, 3.8) is 0 Å². The highest BCUT2D eigenvalue weighted by Crippen LogP contribution is 2.27. The molecule has 1 N–H and O–H groups in total. The summed E-state index contributed by atoms with van der Waals surface area (Å²) in [4.78, 5) is 17.0. The Labute approximate surface area is 228 Å². The number of halogens is 1. The molecule has 0 amide bonds. The number of benzene rings is 1. The summed E-state index contributed by atoms with van der Waals surface area (Å²) in [6.45, 7) is 2.07. The Morgan fingerprint density at radius 2 is 2.03 bits per heavy atom. The Morgan fingerprint density at radius 1 is 1.16 bits per heavy atom. The molecule has 0 saturated carbocycles. The summed E-state index contributed by atoms with van der Waals surface area (Å²) in [5.41, 5.74) is 5.07. The number of allylic oxidation sites excluding steroid dienone is 1. The lowest BCUT2D eigenvalue weighted by atomic mass is 9.93. The van der Waals surface area contributed by atoms with Crippen LogP contribution < -0.4 is 15.6 Å². The Kier molecular flexibility index (Phi) is 7.99. The molecular weight excluding hydrogens is 524 g/mol. The van der Waals surface area contributed by atoms with E-state index in [2.05, 4.69) is 34.6 Å². The average Bonchev–Trinajstić information content (AvgIpc) is 2.91. The second kappa shape index (κ2) is 11.4. The number of sulfonamides is 1. The van der Waals surface area contributed by atoms with E-state index in [1.165, 1.54) is 23.4 Å². The van der Waals surface area contributed by atoms with Gasteiger partial charge >= 0.3 is 0 Å². The van der Waals surface area contributed by atoms with Crippen LogP contribution in [0.3, 0.4) is 0 Å². The number of nitrogens with one attached hydrogen (secondary N) is 1. The van der Waals surface area contributed by atoms with Gasteiger partial charge in [-0.3, -0.25) is 14.3 Å². The van der Waals surface area contributed by atoms with Gasteiger partial charge in [0, 0.05) is 49.8 Å². The monoisotopic (exact) mass is 554 g/mol. The Balaban J connectivity index is 1.21. The van der Waals surface area contributed by atoms with Gasteiger partial charge in [-0.15, -0.1) is 0 Å². The molecule has 1 saturated heterocycles. The van der Waals surface area contributed by atoms with Crippen molar-refractivity contribution in [2.45, 2.75) is 44.9 Å². The van der Waals surface area contributed by atoms with E-state index in [0.717, 1.165) is 42.6 Å². The fraction of sp³-hybridized carbons (Fsp3) is 0.357. The van der Waals surface area contributed by atoms with Crippen LogP contribution in [0.1, 0.15) is 41.6 Å². The zero-order valence-corrected chi connectivity index (χ0v) is 22.8. The molecule has 1 unspecified atom stereocenters. The topological polar surface area (TPSA) is 93.5 Å². The standard InChI is InChI=1S/C28H31ClN4O4S/c1-38(35,36)32-11-2-3-24(18-32)30-16-20-4-5-22-14-26(9-6-21(22)13-20)33-12-10-27(15-28(33)34)37-19-25-8-7-23(29)17-31-25/h4-5,7-8,10,12-15,17,24,30H,2-3,6,9,11,16,18-19H2,1H3. The highest BCUT2D eigenvalue weighted by molar-refractivity contribution is 7.88. The first kappa shape index (κ1) is 26.6. The van der Waals surface area contributed by atoms with E-state index in [0.29, 0.717) is 30.4 Å². The van der Waals surface area contributed by atoms with Crippen molar-refractivity contribution >= 4 is 33.4 Å². The van der Waals surface area contributed by atoms with E-state index in [4.69, 9.17) is 16.3 Å². The third-order valence-corrected chi connectivity index (χ3v) is 8.50. The third kappa shape index (κ3) is 6.53. The van der Waals surface area contributed by atoms with Crippen LogP contribution in [-0.4, -0.2) is 47.7 Å². The third-order valence-electron chi connectivity index (χ3n) is 7.00. The van der Waals surface area contributed by atoms with E-state index >= 15 is 0 Å². The number of hydrogen-bond acceptors (Lipinski definition) is 6. The van der Waals surface area contributed by atoms with Crippen LogP contribution in [0.15, 0.2) is 59.7 Å². The van der Waals surface area contributed by atoms with E-state index in [1.54, 1.807) is 39.5 Å². The molecule has 1 fully saturated rings. The van der Waals surface area contributed by atoms with Crippen molar-refractivity contribution in [3.8, 4) is 5.75 Å². The van der Waals surface area contributed by atoms with Gasteiger partial charge in [-0.25, -0.2) is 12.7 Å². The molecule has 3 aromatic rings. The number of rotatable bonds is 8. The smallest absolute Gasteiger partial charge is 0.258 e. The van der Waals surface area contributed by atoms with Crippen molar-refractivity contribution in [1.82, 2.24) is 19.2 Å². The van der Waals surface area contributed by atoms with Crippen molar-refractivity contribution in [2.24, 2.45) is 0 Å². The van der Waals surface area contributed by atoms with Crippen LogP contribution in [-0.2, 0) is 29.6 Å². The second-order valence-corrected chi connectivity index (χ2v) is 12.3. The maximum Gasteiger partial charge on any atom is 0.258 e. The number of aryl methyl sites for hydroxylation is 1. The van der Waals surface area contributed by atoms with Crippen molar-refractivity contribution in [1.29, 1.82) is 0 Å². The predicted molar refractivity (Wildman–Crippen MR) is 149 cm³/mol. The van der Waals surface area contributed by atoms with Gasteiger partial charge in [0.2, 0.25) is 10.0 Å². The van der Waals surface area contributed by atoms with Crippen LogP contribution in [0.5, 0.6) is 5.75 Å². The summed E-state index contributed by atoms with van der Waals surface area (Å²) in [7, 11) is -3.15. The number of nitrogens with zero attached hydrogens (tertiary/aromatic N) is 3. The molecule has 0 spiro atoms. The minimum absolute atomic E-state index is 0.141. The SMILES string of the molecule is CS(=O)(=O)N1CCCC(NCc2ccc3c(c2)CCC(n2ccc(OCc4ccc(Cl)cn4)cc2=O)=C3)C1. The lowest BCUT2D eigenvalue weighted by Gasteiger charge is -2.31. The number of piperidine rings is 1. The van der Waals surface area contributed by atoms with Crippen molar-refractivity contribution < 1.29 is 13.2 Å². The fourth-order valence-electron chi connectivity index (χ4n) is 4.94. The molecule has 0 bridgehead atoms. The number of hydrogen-bond donors (Lipinski definition) is 1. The van der Waals surface area contributed by atoms with Crippen LogP contribution in [0.25, 0.3) is 11.8 Å². The number of fused-ring (bicyclic) bond motifs is 1. The molecule has 8 nitrogen and oxygen atoms in total. The van der Waals surface area contributed by atoms with E-state index < -0.39 is 10.0 Å². The number of ether oxygens (including phenoxy) is 1. The predicted octanol–water partition coefficient (Wildman–Crippen LogP) is 3.93. The number of pyridine rings is 2. The largest absolute Gasteiger partial charge is 0.487 e. The summed E-state index contributed by atoms with van der Waals surface area (Å²) in [5.74, 6) is 0.495. The highest BCUT2D eigenvalue weighted by atomic mass is 35.5. The van der Waals surface area contributed by atoms with Crippen LogP contribution in [0.4, 0.5) is 0 Å². The molecule has 10 heteroatoms. The molecule has 1 aliphatic heterocycles. The first-order chi connectivity index (χ1) is 18.2. The Hall–Kier alpha value is -2.98.